The SMILES string of the molecule is Cc1ccc(C(C)(C)CNC2CCC2)cc1. The molecular weight excluding hydrogens is 194 g/mol. The minimum Gasteiger partial charge on any atom is -0.313 e. The zero-order valence-electron chi connectivity index (χ0n) is 10.7. The summed E-state index contributed by atoms with van der Waals surface area (Å²) < 4.78 is 0. The van der Waals surface area contributed by atoms with Crippen molar-refractivity contribution in [3.63, 3.8) is 0 Å². The molecule has 0 atom stereocenters. The first kappa shape index (κ1) is 11.7. The molecule has 88 valence electrons. The summed E-state index contributed by atoms with van der Waals surface area (Å²) in [5.41, 5.74) is 3.01. The Morgan fingerprint density at radius 1 is 1.19 bits per heavy atom. The number of hydrogen-bond acceptors (Lipinski definition) is 1. The number of aryl methyl sites for hydroxylation is 1. The van der Waals surface area contributed by atoms with Crippen LogP contribution in [0.15, 0.2) is 24.3 Å². The van der Waals surface area contributed by atoms with Crippen LogP contribution in [0.4, 0.5) is 0 Å². The van der Waals surface area contributed by atoms with E-state index in [0.717, 1.165) is 12.6 Å². The highest BCUT2D eigenvalue weighted by molar-refractivity contribution is 5.27. The molecule has 0 radical (unpaired) electrons. The average molecular weight is 217 g/mol. The first-order valence-electron chi connectivity index (χ1n) is 6.38. The van der Waals surface area contributed by atoms with E-state index in [4.69, 9.17) is 0 Å². The Morgan fingerprint density at radius 3 is 2.31 bits per heavy atom. The molecule has 1 aliphatic carbocycles. The van der Waals surface area contributed by atoms with Gasteiger partial charge in [-0.25, -0.2) is 0 Å². The standard InChI is InChI=1S/C15H23N/c1-12-7-9-13(10-8-12)15(2,3)11-16-14-5-4-6-14/h7-10,14,16H,4-6,11H2,1-3H3. The molecule has 16 heavy (non-hydrogen) atoms. The molecule has 1 saturated carbocycles. The summed E-state index contributed by atoms with van der Waals surface area (Å²) in [6.45, 7) is 7.87. The smallest absolute Gasteiger partial charge is 0.00674 e. The number of benzene rings is 1. The van der Waals surface area contributed by atoms with Gasteiger partial charge in [0.1, 0.15) is 0 Å². The van der Waals surface area contributed by atoms with Crippen molar-refractivity contribution in [1.82, 2.24) is 5.32 Å². The minimum atomic E-state index is 0.239. The molecule has 1 aliphatic rings. The lowest BCUT2D eigenvalue weighted by molar-refractivity contribution is 0.311. The van der Waals surface area contributed by atoms with Gasteiger partial charge in [0.15, 0.2) is 0 Å². The predicted molar refractivity (Wildman–Crippen MR) is 69.8 cm³/mol. The Balaban J connectivity index is 1.96. The van der Waals surface area contributed by atoms with Gasteiger partial charge < -0.3 is 5.32 Å². The fourth-order valence-electron chi connectivity index (χ4n) is 2.12. The number of hydrogen-bond donors (Lipinski definition) is 1. The van der Waals surface area contributed by atoms with Gasteiger partial charge in [-0.05, 0) is 25.3 Å². The van der Waals surface area contributed by atoms with E-state index in [9.17, 15) is 0 Å². The summed E-state index contributed by atoms with van der Waals surface area (Å²) in [7, 11) is 0. The molecule has 0 bridgehead atoms. The first-order valence-corrected chi connectivity index (χ1v) is 6.38. The molecule has 0 aliphatic heterocycles. The van der Waals surface area contributed by atoms with E-state index in [-0.39, 0.29) is 5.41 Å². The fourth-order valence-corrected chi connectivity index (χ4v) is 2.12. The second-order valence-corrected chi connectivity index (χ2v) is 5.76. The highest BCUT2D eigenvalue weighted by Gasteiger charge is 2.24. The molecule has 2 rings (SSSR count). The van der Waals surface area contributed by atoms with Gasteiger partial charge in [-0.2, -0.15) is 0 Å². The largest absolute Gasteiger partial charge is 0.313 e. The molecule has 1 fully saturated rings. The molecule has 0 aromatic heterocycles. The molecule has 1 aromatic rings. The van der Waals surface area contributed by atoms with Crippen molar-refractivity contribution in [3.05, 3.63) is 35.4 Å². The van der Waals surface area contributed by atoms with Crippen molar-refractivity contribution in [1.29, 1.82) is 0 Å². The summed E-state index contributed by atoms with van der Waals surface area (Å²) in [5.74, 6) is 0. The van der Waals surface area contributed by atoms with Gasteiger partial charge in [-0.15, -0.1) is 0 Å². The fraction of sp³-hybridized carbons (Fsp3) is 0.600. The van der Waals surface area contributed by atoms with E-state index in [1.165, 1.54) is 30.4 Å². The quantitative estimate of drug-likeness (QED) is 0.815. The normalized spacial score (nSPS) is 17.2. The van der Waals surface area contributed by atoms with E-state index < -0.39 is 0 Å². The Kier molecular flexibility index (Phi) is 3.34. The Labute approximate surface area is 99.3 Å². The summed E-state index contributed by atoms with van der Waals surface area (Å²) >= 11 is 0. The Hall–Kier alpha value is -0.820. The number of rotatable bonds is 4. The first-order chi connectivity index (χ1) is 7.58. The lowest BCUT2D eigenvalue weighted by Crippen LogP contribution is -2.42. The topological polar surface area (TPSA) is 12.0 Å². The maximum atomic E-state index is 3.67. The zero-order valence-corrected chi connectivity index (χ0v) is 10.7. The molecule has 1 heteroatoms. The van der Waals surface area contributed by atoms with Crippen LogP contribution < -0.4 is 5.32 Å². The van der Waals surface area contributed by atoms with Gasteiger partial charge in [-0.3, -0.25) is 0 Å². The maximum absolute atomic E-state index is 3.67. The molecule has 1 nitrogen and oxygen atoms in total. The monoisotopic (exact) mass is 217 g/mol. The van der Waals surface area contributed by atoms with Crippen LogP contribution >= 0.6 is 0 Å². The van der Waals surface area contributed by atoms with Crippen LogP contribution in [0.5, 0.6) is 0 Å². The minimum absolute atomic E-state index is 0.239. The van der Waals surface area contributed by atoms with Gasteiger partial charge in [-0.1, -0.05) is 50.1 Å². The van der Waals surface area contributed by atoms with Crippen molar-refractivity contribution in [2.45, 2.75) is 51.5 Å². The Morgan fingerprint density at radius 2 is 1.81 bits per heavy atom. The summed E-state index contributed by atoms with van der Waals surface area (Å²) in [5, 5.41) is 3.67. The number of nitrogens with one attached hydrogen (secondary N) is 1. The molecular formula is C15H23N. The third kappa shape index (κ3) is 2.65. The van der Waals surface area contributed by atoms with Gasteiger partial charge in [0, 0.05) is 18.0 Å². The molecule has 0 amide bonds. The van der Waals surface area contributed by atoms with E-state index in [1.807, 2.05) is 0 Å². The molecule has 1 aromatic carbocycles. The van der Waals surface area contributed by atoms with E-state index in [1.54, 1.807) is 0 Å². The van der Waals surface area contributed by atoms with Gasteiger partial charge in [0.25, 0.3) is 0 Å². The van der Waals surface area contributed by atoms with Crippen LogP contribution in [-0.4, -0.2) is 12.6 Å². The summed E-state index contributed by atoms with van der Waals surface area (Å²) in [6.07, 6.45) is 4.14. The van der Waals surface area contributed by atoms with Crippen molar-refractivity contribution in [3.8, 4) is 0 Å². The van der Waals surface area contributed by atoms with Gasteiger partial charge in [0.2, 0.25) is 0 Å². The highest BCUT2D eigenvalue weighted by Crippen LogP contribution is 2.25. The molecule has 0 heterocycles. The van der Waals surface area contributed by atoms with Crippen LogP contribution in [0, 0.1) is 6.92 Å². The van der Waals surface area contributed by atoms with Crippen LogP contribution in [0.25, 0.3) is 0 Å². The average Bonchev–Trinajstić information content (AvgIpc) is 2.15. The predicted octanol–water partition coefficient (Wildman–Crippen LogP) is 3.41. The van der Waals surface area contributed by atoms with Crippen LogP contribution in [0.2, 0.25) is 0 Å². The lowest BCUT2D eigenvalue weighted by Gasteiger charge is -2.32. The van der Waals surface area contributed by atoms with Gasteiger partial charge >= 0.3 is 0 Å². The molecule has 0 spiro atoms. The van der Waals surface area contributed by atoms with Gasteiger partial charge in [0.05, 0.1) is 0 Å². The third-order valence-corrected chi connectivity index (χ3v) is 3.77. The molecule has 0 unspecified atom stereocenters. The third-order valence-electron chi connectivity index (χ3n) is 3.77. The second kappa shape index (κ2) is 4.58. The lowest BCUT2D eigenvalue weighted by atomic mass is 9.83. The van der Waals surface area contributed by atoms with E-state index in [2.05, 4.69) is 50.4 Å². The van der Waals surface area contributed by atoms with Crippen molar-refractivity contribution in [2.75, 3.05) is 6.54 Å². The van der Waals surface area contributed by atoms with E-state index >= 15 is 0 Å². The van der Waals surface area contributed by atoms with Crippen molar-refractivity contribution in [2.24, 2.45) is 0 Å². The maximum Gasteiger partial charge on any atom is 0.00674 e. The van der Waals surface area contributed by atoms with Crippen LogP contribution in [-0.2, 0) is 5.41 Å². The highest BCUT2D eigenvalue weighted by atomic mass is 14.9. The van der Waals surface area contributed by atoms with Crippen LogP contribution in [0.3, 0.4) is 0 Å². The molecule has 1 N–H and O–H groups in total. The van der Waals surface area contributed by atoms with E-state index in [0.29, 0.717) is 0 Å². The zero-order chi connectivity index (χ0) is 11.6. The van der Waals surface area contributed by atoms with Crippen molar-refractivity contribution >= 4 is 0 Å². The van der Waals surface area contributed by atoms with Crippen molar-refractivity contribution < 1.29 is 0 Å². The molecule has 0 saturated heterocycles. The summed E-state index contributed by atoms with van der Waals surface area (Å²) in [4.78, 5) is 0. The summed E-state index contributed by atoms with van der Waals surface area (Å²) in [6, 6.07) is 9.72. The Bertz CT molecular complexity index is 333. The van der Waals surface area contributed by atoms with Crippen LogP contribution in [0.1, 0.15) is 44.2 Å². The second-order valence-electron chi connectivity index (χ2n) is 5.76.